The molecule has 0 bridgehead atoms. The molecule has 0 amide bonds. The van der Waals surface area contributed by atoms with Crippen molar-refractivity contribution < 1.29 is 9.47 Å². The molecule has 1 aromatic heterocycles. The van der Waals surface area contributed by atoms with Gasteiger partial charge in [0.25, 0.3) is 0 Å². The van der Waals surface area contributed by atoms with E-state index >= 15 is 0 Å². The maximum Gasteiger partial charge on any atom is 0.161 e. The summed E-state index contributed by atoms with van der Waals surface area (Å²) in [5.74, 6) is 1.71. The van der Waals surface area contributed by atoms with Crippen molar-refractivity contribution in [2.45, 2.75) is 25.4 Å². The van der Waals surface area contributed by atoms with E-state index in [1.165, 1.54) is 12.0 Å². The van der Waals surface area contributed by atoms with E-state index in [4.69, 9.17) is 9.47 Å². The van der Waals surface area contributed by atoms with Crippen molar-refractivity contribution >= 4 is 0 Å². The van der Waals surface area contributed by atoms with Gasteiger partial charge in [-0.1, -0.05) is 6.07 Å². The summed E-state index contributed by atoms with van der Waals surface area (Å²) in [5, 5.41) is 0. The largest absolute Gasteiger partial charge is 0.486 e. The Bertz CT molecular complexity index is 648. The molecule has 4 rings (SSSR count). The third-order valence-corrected chi connectivity index (χ3v) is 4.28. The van der Waals surface area contributed by atoms with Crippen LogP contribution in [0.15, 0.2) is 36.8 Å². The molecule has 1 unspecified atom stereocenters. The van der Waals surface area contributed by atoms with E-state index in [2.05, 4.69) is 27.0 Å². The Hall–Kier alpha value is -2.14. The number of rotatable bonds is 3. The van der Waals surface area contributed by atoms with E-state index in [0.717, 1.165) is 36.7 Å². The topological polar surface area (TPSA) is 47.5 Å². The van der Waals surface area contributed by atoms with Crippen LogP contribution in [-0.4, -0.2) is 34.6 Å². The standard InChI is InChI=1S/C17H19N3O2/c1-2-15(14-11-18-5-6-19-14)20(7-1)12-13-3-4-16-17(10-13)22-9-8-21-16/h3-6,10-11,15H,1-2,7-9,12H2. The molecule has 2 aromatic rings. The number of hydrogen-bond acceptors (Lipinski definition) is 5. The summed E-state index contributed by atoms with van der Waals surface area (Å²) in [6.07, 6.45) is 7.72. The first-order valence-corrected chi connectivity index (χ1v) is 7.78. The number of aromatic nitrogens is 2. The molecule has 0 radical (unpaired) electrons. The molecule has 2 aliphatic heterocycles. The first kappa shape index (κ1) is 13.5. The summed E-state index contributed by atoms with van der Waals surface area (Å²) in [4.78, 5) is 11.1. The molecule has 0 aliphatic carbocycles. The summed E-state index contributed by atoms with van der Waals surface area (Å²) in [5.41, 5.74) is 2.32. The van der Waals surface area contributed by atoms with Crippen LogP contribution in [0.1, 0.15) is 30.1 Å². The highest BCUT2D eigenvalue weighted by molar-refractivity contribution is 5.43. The van der Waals surface area contributed by atoms with Crippen molar-refractivity contribution in [3.05, 3.63) is 48.0 Å². The lowest BCUT2D eigenvalue weighted by Crippen LogP contribution is -2.23. The molecule has 1 atom stereocenters. The van der Waals surface area contributed by atoms with Gasteiger partial charge in [0.05, 0.1) is 11.7 Å². The Morgan fingerprint density at radius 3 is 2.91 bits per heavy atom. The van der Waals surface area contributed by atoms with Crippen molar-refractivity contribution in [2.75, 3.05) is 19.8 Å². The molecule has 1 fully saturated rings. The number of hydrogen-bond donors (Lipinski definition) is 0. The van der Waals surface area contributed by atoms with Gasteiger partial charge in [-0.15, -0.1) is 0 Å². The lowest BCUT2D eigenvalue weighted by Gasteiger charge is -2.25. The second-order valence-corrected chi connectivity index (χ2v) is 5.74. The van der Waals surface area contributed by atoms with Crippen LogP contribution in [-0.2, 0) is 6.54 Å². The molecular formula is C17H19N3O2. The minimum absolute atomic E-state index is 0.363. The number of fused-ring (bicyclic) bond motifs is 1. The van der Waals surface area contributed by atoms with Crippen molar-refractivity contribution in [3.8, 4) is 11.5 Å². The van der Waals surface area contributed by atoms with Crippen LogP contribution in [0.2, 0.25) is 0 Å². The predicted molar refractivity (Wildman–Crippen MR) is 81.8 cm³/mol. The molecule has 1 aromatic carbocycles. The Morgan fingerprint density at radius 2 is 2.05 bits per heavy atom. The molecule has 0 spiro atoms. The van der Waals surface area contributed by atoms with Crippen molar-refractivity contribution in [3.63, 3.8) is 0 Å². The Morgan fingerprint density at radius 1 is 1.14 bits per heavy atom. The third kappa shape index (κ3) is 2.64. The van der Waals surface area contributed by atoms with Crippen LogP contribution >= 0.6 is 0 Å². The van der Waals surface area contributed by atoms with Crippen molar-refractivity contribution in [1.82, 2.24) is 14.9 Å². The van der Waals surface area contributed by atoms with Gasteiger partial charge in [0, 0.05) is 25.1 Å². The maximum absolute atomic E-state index is 5.67. The normalized spacial score (nSPS) is 21.0. The van der Waals surface area contributed by atoms with Gasteiger partial charge in [-0.2, -0.15) is 0 Å². The zero-order valence-corrected chi connectivity index (χ0v) is 12.4. The van der Waals surface area contributed by atoms with E-state index in [0.29, 0.717) is 19.3 Å². The third-order valence-electron chi connectivity index (χ3n) is 4.28. The second-order valence-electron chi connectivity index (χ2n) is 5.74. The van der Waals surface area contributed by atoms with Crippen LogP contribution in [0.5, 0.6) is 11.5 Å². The van der Waals surface area contributed by atoms with E-state index < -0.39 is 0 Å². The van der Waals surface area contributed by atoms with Gasteiger partial charge in [-0.05, 0) is 37.1 Å². The van der Waals surface area contributed by atoms with E-state index in [1.54, 1.807) is 12.4 Å². The highest BCUT2D eigenvalue weighted by atomic mass is 16.6. The van der Waals surface area contributed by atoms with E-state index in [-0.39, 0.29) is 0 Å². The molecule has 5 nitrogen and oxygen atoms in total. The van der Waals surface area contributed by atoms with Gasteiger partial charge >= 0.3 is 0 Å². The summed E-state index contributed by atoms with van der Waals surface area (Å²) < 4.78 is 11.3. The molecule has 22 heavy (non-hydrogen) atoms. The second kappa shape index (κ2) is 5.93. The Kier molecular flexibility index (Phi) is 3.64. The lowest BCUT2D eigenvalue weighted by molar-refractivity contribution is 0.171. The zero-order chi connectivity index (χ0) is 14.8. The quantitative estimate of drug-likeness (QED) is 0.871. The SMILES string of the molecule is c1cnc(C2CCCN2Cc2ccc3c(c2)OCCO3)cn1. The summed E-state index contributed by atoms with van der Waals surface area (Å²) in [6.45, 7) is 3.25. The Balaban J connectivity index is 1.53. The van der Waals surface area contributed by atoms with Crippen LogP contribution in [0, 0.1) is 0 Å². The molecule has 2 aliphatic rings. The van der Waals surface area contributed by atoms with Crippen LogP contribution in [0.3, 0.4) is 0 Å². The molecule has 0 saturated carbocycles. The van der Waals surface area contributed by atoms with Crippen LogP contribution in [0.25, 0.3) is 0 Å². The first-order valence-electron chi connectivity index (χ1n) is 7.78. The summed E-state index contributed by atoms with van der Waals surface area (Å²) in [6, 6.07) is 6.60. The average Bonchev–Trinajstić information content (AvgIpc) is 3.04. The molecule has 5 heteroatoms. The minimum atomic E-state index is 0.363. The number of nitrogens with zero attached hydrogens (tertiary/aromatic N) is 3. The van der Waals surface area contributed by atoms with Gasteiger partial charge < -0.3 is 9.47 Å². The van der Waals surface area contributed by atoms with Gasteiger partial charge in [0.15, 0.2) is 11.5 Å². The highest BCUT2D eigenvalue weighted by Gasteiger charge is 2.27. The fourth-order valence-corrected chi connectivity index (χ4v) is 3.25. The zero-order valence-electron chi connectivity index (χ0n) is 12.4. The minimum Gasteiger partial charge on any atom is -0.486 e. The van der Waals surface area contributed by atoms with Crippen molar-refractivity contribution in [2.24, 2.45) is 0 Å². The highest BCUT2D eigenvalue weighted by Crippen LogP contribution is 2.34. The Labute approximate surface area is 129 Å². The predicted octanol–water partition coefficient (Wildman–Crippen LogP) is 2.58. The molecule has 0 N–H and O–H groups in total. The van der Waals surface area contributed by atoms with Crippen molar-refractivity contribution in [1.29, 1.82) is 0 Å². The molecular weight excluding hydrogens is 278 g/mol. The molecule has 3 heterocycles. The molecule has 114 valence electrons. The maximum atomic E-state index is 5.67. The van der Waals surface area contributed by atoms with E-state index in [9.17, 15) is 0 Å². The monoisotopic (exact) mass is 297 g/mol. The molecule has 1 saturated heterocycles. The van der Waals surface area contributed by atoms with E-state index in [1.807, 2.05) is 12.3 Å². The average molecular weight is 297 g/mol. The van der Waals surface area contributed by atoms with Gasteiger partial charge in [0.1, 0.15) is 13.2 Å². The smallest absolute Gasteiger partial charge is 0.161 e. The van der Waals surface area contributed by atoms with Gasteiger partial charge in [0.2, 0.25) is 0 Å². The fraction of sp³-hybridized carbons (Fsp3) is 0.412. The van der Waals surface area contributed by atoms with Crippen LogP contribution < -0.4 is 9.47 Å². The summed E-state index contributed by atoms with van der Waals surface area (Å²) in [7, 11) is 0. The number of benzene rings is 1. The lowest BCUT2D eigenvalue weighted by atomic mass is 10.1. The van der Waals surface area contributed by atoms with Gasteiger partial charge in [-0.25, -0.2) is 0 Å². The number of likely N-dealkylation sites (tertiary alicyclic amines) is 1. The number of ether oxygens (including phenoxy) is 2. The van der Waals surface area contributed by atoms with Gasteiger partial charge in [-0.3, -0.25) is 14.9 Å². The first-order chi connectivity index (χ1) is 10.9. The van der Waals surface area contributed by atoms with Crippen LogP contribution in [0.4, 0.5) is 0 Å². The summed E-state index contributed by atoms with van der Waals surface area (Å²) >= 11 is 0. The fourth-order valence-electron chi connectivity index (χ4n) is 3.25.